The summed E-state index contributed by atoms with van der Waals surface area (Å²) in [6.07, 6.45) is -4.59. The molecule has 0 fully saturated rings. The zero-order chi connectivity index (χ0) is 19.5. The van der Waals surface area contributed by atoms with Crippen LogP contribution in [0.25, 0.3) is 15.5 Å². The molecule has 0 aliphatic carbocycles. The van der Waals surface area contributed by atoms with Crippen molar-refractivity contribution in [2.45, 2.75) is 58.5 Å². The number of benzene rings is 1. The first kappa shape index (κ1) is 18.8. The van der Waals surface area contributed by atoms with Gasteiger partial charge in [0, 0.05) is 5.56 Å². The first-order valence-electron chi connectivity index (χ1n) is 8.23. The molecule has 0 N–H and O–H groups in total. The molecule has 4 nitrogen and oxygen atoms in total. The highest BCUT2D eigenvalue weighted by Gasteiger charge is 2.38. The summed E-state index contributed by atoms with van der Waals surface area (Å²) >= 11 is 1.10. The molecule has 140 valence electrons. The average Bonchev–Trinajstić information content (AvgIpc) is 3.03. The van der Waals surface area contributed by atoms with Gasteiger partial charge in [-0.3, -0.25) is 0 Å². The lowest BCUT2D eigenvalue weighted by Crippen LogP contribution is -2.16. The molecule has 0 radical (unpaired) electrons. The van der Waals surface area contributed by atoms with Crippen LogP contribution in [-0.2, 0) is 17.0 Å². The van der Waals surface area contributed by atoms with Gasteiger partial charge in [0.05, 0.1) is 0 Å². The summed E-state index contributed by atoms with van der Waals surface area (Å²) in [5.41, 5.74) is 2.84. The number of hydrogen-bond acceptors (Lipinski definition) is 4. The van der Waals surface area contributed by atoms with Gasteiger partial charge >= 0.3 is 6.18 Å². The fourth-order valence-corrected chi connectivity index (χ4v) is 3.35. The molecule has 0 aliphatic heterocycles. The number of halogens is 3. The molecule has 1 aromatic carbocycles. The van der Waals surface area contributed by atoms with Crippen molar-refractivity contribution in [2.24, 2.45) is 0 Å². The van der Waals surface area contributed by atoms with Crippen LogP contribution in [0.2, 0.25) is 0 Å². The van der Waals surface area contributed by atoms with Crippen LogP contribution in [0, 0.1) is 0 Å². The second kappa shape index (κ2) is 5.77. The molecule has 0 saturated carbocycles. The molecule has 0 unspecified atom stereocenters. The lowest BCUT2D eigenvalue weighted by atomic mass is 9.79. The minimum atomic E-state index is -4.59. The smallest absolute Gasteiger partial charge is 0.178 e. The Morgan fingerprint density at radius 1 is 0.846 bits per heavy atom. The lowest BCUT2D eigenvalue weighted by molar-refractivity contribution is -0.146. The lowest BCUT2D eigenvalue weighted by Gasteiger charge is -2.25. The van der Waals surface area contributed by atoms with E-state index < -0.39 is 12.0 Å². The van der Waals surface area contributed by atoms with Crippen LogP contribution in [0.5, 0.6) is 0 Å². The molecule has 2 aromatic heterocycles. The van der Waals surface area contributed by atoms with Gasteiger partial charge in [-0.1, -0.05) is 58.9 Å². The van der Waals surface area contributed by atoms with E-state index in [4.69, 9.17) is 0 Å². The van der Waals surface area contributed by atoms with E-state index in [0.717, 1.165) is 32.5 Å². The van der Waals surface area contributed by atoms with E-state index in [1.54, 1.807) is 0 Å². The molecule has 0 atom stereocenters. The van der Waals surface area contributed by atoms with Crippen LogP contribution >= 0.6 is 11.3 Å². The maximum absolute atomic E-state index is 13.0. The summed E-state index contributed by atoms with van der Waals surface area (Å²) in [5, 5.41) is 11.5. The number of alkyl halides is 3. The minimum absolute atomic E-state index is 0.0912. The van der Waals surface area contributed by atoms with Crippen molar-refractivity contribution < 1.29 is 13.2 Å². The number of hydrogen-bond donors (Lipinski definition) is 0. The number of nitrogens with zero attached hydrogens (tertiary/aromatic N) is 4. The van der Waals surface area contributed by atoms with Crippen molar-refractivity contribution in [2.75, 3.05) is 0 Å². The van der Waals surface area contributed by atoms with Crippen LogP contribution in [0.3, 0.4) is 0 Å². The van der Waals surface area contributed by atoms with E-state index in [1.165, 1.54) is 0 Å². The third kappa shape index (κ3) is 3.47. The average molecular weight is 382 g/mol. The second-order valence-electron chi connectivity index (χ2n) is 8.42. The Hall–Kier alpha value is -1.96. The van der Waals surface area contributed by atoms with Crippen molar-refractivity contribution in [3.8, 4) is 10.6 Å². The second-order valence-corrected chi connectivity index (χ2v) is 9.38. The Morgan fingerprint density at radius 3 is 1.85 bits per heavy atom. The molecule has 0 amide bonds. The fourth-order valence-electron chi connectivity index (χ4n) is 2.53. The Balaban J connectivity index is 2.20. The summed E-state index contributed by atoms with van der Waals surface area (Å²) in [6, 6.07) is 6.15. The van der Waals surface area contributed by atoms with Gasteiger partial charge in [-0.2, -0.15) is 22.8 Å². The Bertz CT molecular complexity index is 923. The van der Waals surface area contributed by atoms with E-state index >= 15 is 0 Å². The summed E-state index contributed by atoms with van der Waals surface area (Å²) in [5.74, 6) is -1.10. The van der Waals surface area contributed by atoms with Gasteiger partial charge in [0.15, 0.2) is 0 Å². The minimum Gasteiger partial charge on any atom is -0.178 e. The SMILES string of the molecule is CC(C)(C)c1cc(-c2nn3c(C(F)(F)F)nnc3s2)cc(C(C)(C)C)c1. The Morgan fingerprint density at radius 2 is 1.38 bits per heavy atom. The van der Waals surface area contributed by atoms with Crippen molar-refractivity contribution >= 4 is 16.3 Å². The van der Waals surface area contributed by atoms with Gasteiger partial charge in [0.2, 0.25) is 4.96 Å². The standard InChI is InChI=1S/C18H21F3N4S/c1-16(2,3)11-7-10(8-12(9-11)17(4,5)6)13-24-25-14(18(19,20)21)22-23-15(25)26-13/h7-9H,1-6H3. The topological polar surface area (TPSA) is 43.1 Å². The monoisotopic (exact) mass is 382 g/mol. The van der Waals surface area contributed by atoms with Gasteiger partial charge in [0.1, 0.15) is 5.01 Å². The Labute approximate surface area is 154 Å². The summed E-state index contributed by atoms with van der Waals surface area (Å²) < 4.78 is 39.9. The van der Waals surface area contributed by atoms with Gasteiger partial charge < -0.3 is 0 Å². The van der Waals surface area contributed by atoms with Crippen molar-refractivity contribution in [3.05, 3.63) is 35.2 Å². The quantitative estimate of drug-likeness (QED) is 0.561. The third-order valence-corrected chi connectivity index (χ3v) is 5.10. The maximum Gasteiger partial charge on any atom is 0.453 e. The number of rotatable bonds is 1. The summed E-state index contributed by atoms with van der Waals surface area (Å²) in [7, 11) is 0. The predicted molar refractivity (Wildman–Crippen MR) is 96.5 cm³/mol. The molecular weight excluding hydrogens is 361 g/mol. The number of aromatic nitrogens is 4. The normalized spacial score (nSPS) is 13.6. The summed E-state index contributed by atoms with van der Waals surface area (Å²) in [4.78, 5) is 0.130. The zero-order valence-electron chi connectivity index (χ0n) is 15.6. The first-order valence-corrected chi connectivity index (χ1v) is 9.04. The van der Waals surface area contributed by atoms with E-state index in [0.29, 0.717) is 5.01 Å². The van der Waals surface area contributed by atoms with Crippen molar-refractivity contribution in [1.82, 2.24) is 19.8 Å². The van der Waals surface area contributed by atoms with Crippen LogP contribution in [-0.4, -0.2) is 19.8 Å². The molecule has 3 aromatic rings. The maximum atomic E-state index is 13.0. The van der Waals surface area contributed by atoms with Crippen LogP contribution < -0.4 is 0 Å². The van der Waals surface area contributed by atoms with E-state index in [9.17, 15) is 13.2 Å². The van der Waals surface area contributed by atoms with Crippen molar-refractivity contribution in [1.29, 1.82) is 0 Å². The molecule has 2 heterocycles. The largest absolute Gasteiger partial charge is 0.453 e. The summed E-state index contributed by atoms with van der Waals surface area (Å²) in [6.45, 7) is 12.7. The van der Waals surface area contributed by atoms with Gasteiger partial charge in [-0.25, -0.2) is 0 Å². The van der Waals surface area contributed by atoms with Gasteiger partial charge in [0.25, 0.3) is 5.82 Å². The van der Waals surface area contributed by atoms with Gasteiger partial charge in [-0.15, -0.1) is 10.2 Å². The fraction of sp³-hybridized carbons (Fsp3) is 0.500. The highest BCUT2D eigenvalue weighted by atomic mass is 32.1. The van der Waals surface area contributed by atoms with E-state index in [-0.39, 0.29) is 15.8 Å². The molecule has 3 rings (SSSR count). The molecule has 26 heavy (non-hydrogen) atoms. The Kier molecular flexibility index (Phi) is 4.18. The highest BCUT2D eigenvalue weighted by molar-refractivity contribution is 7.19. The predicted octanol–water partition coefficient (Wildman–Crippen LogP) is 5.47. The molecule has 0 spiro atoms. The van der Waals surface area contributed by atoms with Gasteiger partial charge in [-0.05, 0) is 34.1 Å². The molecule has 0 aliphatic rings. The third-order valence-electron chi connectivity index (χ3n) is 4.16. The molecule has 0 bridgehead atoms. The van der Waals surface area contributed by atoms with Crippen molar-refractivity contribution in [3.63, 3.8) is 0 Å². The van der Waals surface area contributed by atoms with Crippen LogP contribution in [0.4, 0.5) is 13.2 Å². The van der Waals surface area contributed by atoms with E-state index in [2.05, 4.69) is 62.9 Å². The zero-order valence-corrected chi connectivity index (χ0v) is 16.4. The molecule has 8 heteroatoms. The highest BCUT2D eigenvalue weighted by Crippen LogP contribution is 2.36. The number of fused-ring (bicyclic) bond motifs is 1. The van der Waals surface area contributed by atoms with E-state index in [1.807, 2.05) is 12.1 Å². The van der Waals surface area contributed by atoms with Crippen LogP contribution in [0.1, 0.15) is 58.5 Å². The molecule has 0 saturated heterocycles. The molecular formula is C18H21F3N4S. The first-order chi connectivity index (χ1) is 11.8. The van der Waals surface area contributed by atoms with Crippen LogP contribution in [0.15, 0.2) is 18.2 Å².